The number of rotatable bonds is 4. The predicted octanol–water partition coefficient (Wildman–Crippen LogP) is 5.44. The zero-order valence-electron chi connectivity index (χ0n) is 14.1. The van der Waals surface area contributed by atoms with Gasteiger partial charge in [0.1, 0.15) is 11.4 Å². The molecule has 0 aliphatic carbocycles. The van der Waals surface area contributed by atoms with Gasteiger partial charge in [0.25, 0.3) is 0 Å². The molecule has 0 spiro atoms. The fourth-order valence-electron chi connectivity index (χ4n) is 1.97. The van der Waals surface area contributed by atoms with Gasteiger partial charge >= 0.3 is 6.09 Å². The number of ether oxygens (including phenoxy) is 2. The van der Waals surface area contributed by atoms with Crippen molar-refractivity contribution in [2.24, 2.45) is 0 Å². The number of carbonyl (C=O) groups is 1. The molecule has 2 N–H and O–H groups in total. The molecule has 1 amide bonds. The number of amides is 1. The zero-order valence-corrected chi connectivity index (χ0v) is 14.9. The number of nitrogens with one attached hydrogen (secondary N) is 2. The lowest BCUT2D eigenvalue weighted by atomic mass is 10.2. The Kier molecular flexibility index (Phi) is 5.57. The van der Waals surface area contributed by atoms with Gasteiger partial charge in [0.15, 0.2) is 0 Å². The lowest BCUT2D eigenvalue weighted by Crippen LogP contribution is -2.27. The van der Waals surface area contributed by atoms with Crippen molar-refractivity contribution >= 4 is 34.8 Å². The minimum atomic E-state index is -0.529. The number of hydrogen-bond donors (Lipinski definition) is 2. The Balaban J connectivity index is 1.99. The van der Waals surface area contributed by atoms with Crippen molar-refractivity contribution in [2.45, 2.75) is 26.4 Å². The number of methoxy groups -OCH3 is 1. The Morgan fingerprint density at radius 3 is 2.12 bits per heavy atom. The molecule has 5 nitrogen and oxygen atoms in total. The number of carbonyl (C=O) groups excluding carboxylic acids is 1. The van der Waals surface area contributed by atoms with E-state index in [0.29, 0.717) is 16.5 Å². The maximum Gasteiger partial charge on any atom is 0.412 e. The summed E-state index contributed by atoms with van der Waals surface area (Å²) in [5.74, 6) is 0.624. The number of hydrogen-bond acceptors (Lipinski definition) is 4. The normalized spacial score (nSPS) is 10.9. The van der Waals surface area contributed by atoms with E-state index in [4.69, 9.17) is 21.1 Å². The van der Waals surface area contributed by atoms with Gasteiger partial charge in [-0.15, -0.1) is 0 Å². The molecule has 2 rings (SSSR count). The third-order valence-electron chi connectivity index (χ3n) is 2.97. The van der Waals surface area contributed by atoms with E-state index in [1.54, 1.807) is 31.4 Å². The molecule has 0 aliphatic rings. The molecular weight excluding hydrogens is 328 g/mol. The van der Waals surface area contributed by atoms with E-state index in [2.05, 4.69) is 10.6 Å². The smallest absolute Gasteiger partial charge is 0.412 e. The molecular formula is C18H21ClN2O3. The van der Waals surface area contributed by atoms with Gasteiger partial charge in [0.05, 0.1) is 12.1 Å². The number of benzene rings is 2. The molecule has 0 fully saturated rings. The molecule has 128 valence electrons. The molecule has 0 saturated heterocycles. The molecule has 24 heavy (non-hydrogen) atoms. The van der Waals surface area contributed by atoms with Crippen LogP contribution in [0.1, 0.15) is 20.8 Å². The lowest BCUT2D eigenvalue weighted by Gasteiger charge is -2.19. The Labute approximate surface area is 146 Å². The van der Waals surface area contributed by atoms with Crippen molar-refractivity contribution in [2.75, 3.05) is 17.7 Å². The van der Waals surface area contributed by atoms with Gasteiger partial charge < -0.3 is 14.8 Å². The summed E-state index contributed by atoms with van der Waals surface area (Å²) < 4.78 is 10.3. The van der Waals surface area contributed by atoms with E-state index in [9.17, 15) is 4.79 Å². The summed E-state index contributed by atoms with van der Waals surface area (Å²) in [4.78, 5) is 11.7. The molecule has 6 heteroatoms. The summed E-state index contributed by atoms with van der Waals surface area (Å²) in [6, 6.07) is 12.7. The van der Waals surface area contributed by atoms with Gasteiger partial charge in [-0.05, 0) is 63.2 Å². The Bertz CT molecular complexity index is 709. The fraction of sp³-hybridized carbons (Fsp3) is 0.278. The van der Waals surface area contributed by atoms with Gasteiger partial charge in [-0.3, -0.25) is 5.32 Å². The van der Waals surface area contributed by atoms with Crippen LogP contribution in [-0.4, -0.2) is 18.8 Å². The van der Waals surface area contributed by atoms with Crippen LogP contribution < -0.4 is 15.4 Å². The van der Waals surface area contributed by atoms with Crippen LogP contribution in [0.25, 0.3) is 0 Å². The average molecular weight is 349 g/mol. The number of halogens is 1. The van der Waals surface area contributed by atoms with E-state index < -0.39 is 11.7 Å². The first-order chi connectivity index (χ1) is 11.3. The first-order valence-corrected chi connectivity index (χ1v) is 7.85. The highest BCUT2D eigenvalue weighted by Gasteiger charge is 2.16. The molecule has 2 aromatic rings. The maximum absolute atomic E-state index is 11.7. The van der Waals surface area contributed by atoms with Crippen LogP contribution in [0.5, 0.6) is 5.75 Å². The van der Waals surface area contributed by atoms with Crippen molar-refractivity contribution in [1.82, 2.24) is 0 Å². The van der Waals surface area contributed by atoms with Gasteiger partial charge in [-0.2, -0.15) is 0 Å². The van der Waals surface area contributed by atoms with Crippen LogP contribution in [0.3, 0.4) is 0 Å². The second-order valence-corrected chi connectivity index (χ2v) is 6.59. The largest absolute Gasteiger partial charge is 0.495 e. The maximum atomic E-state index is 11.7. The van der Waals surface area contributed by atoms with E-state index in [0.717, 1.165) is 11.4 Å². The fourth-order valence-corrected chi connectivity index (χ4v) is 2.23. The van der Waals surface area contributed by atoms with Crippen LogP contribution in [0.4, 0.5) is 21.9 Å². The molecule has 2 aromatic carbocycles. The minimum Gasteiger partial charge on any atom is -0.495 e. The molecule has 0 unspecified atom stereocenters. The Hall–Kier alpha value is -2.40. The summed E-state index contributed by atoms with van der Waals surface area (Å²) >= 11 is 6.10. The summed E-state index contributed by atoms with van der Waals surface area (Å²) in [5, 5.41) is 6.45. The molecule has 0 heterocycles. The highest BCUT2D eigenvalue weighted by atomic mass is 35.5. The first-order valence-electron chi connectivity index (χ1n) is 7.47. The monoisotopic (exact) mass is 348 g/mol. The van der Waals surface area contributed by atoms with Crippen LogP contribution in [0.2, 0.25) is 5.02 Å². The first kappa shape index (κ1) is 17.9. The molecule has 0 atom stereocenters. The van der Waals surface area contributed by atoms with Crippen LogP contribution in [0, 0.1) is 0 Å². The second-order valence-electron chi connectivity index (χ2n) is 6.18. The summed E-state index contributed by atoms with van der Waals surface area (Å²) in [5.41, 5.74) is 1.83. The Morgan fingerprint density at radius 2 is 1.58 bits per heavy atom. The zero-order chi connectivity index (χ0) is 17.7. The van der Waals surface area contributed by atoms with Crippen LogP contribution in [-0.2, 0) is 4.74 Å². The minimum absolute atomic E-state index is 0.481. The van der Waals surface area contributed by atoms with Gasteiger partial charge in [-0.25, -0.2) is 4.79 Å². The van der Waals surface area contributed by atoms with Crippen molar-refractivity contribution < 1.29 is 14.3 Å². The van der Waals surface area contributed by atoms with Crippen molar-refractivity contribution in [3.63, 3.8) is 0 Å². The predicted molar refractivity (Wildman–Crippen MR) is 97.6 cm³/mol. The van der Waals surface area contributed by atoms with Crippen molar-refractivity contribution in [3.8, 4) is 5.75 Å². The van der Waals surface area contributed by atoms with E-state index in [1.807, 2.05) is 39.0 Å². The van der Waals surface area contributed by atoms with E-state index in [1.165, 1.54) is 0 Å². The molecule has 0 bridgehead atoms. The molecule has 0 radical (unpaired) electrons. The second kappa shape index (κ2) is 7.45. The lowest BCUT2D eigenvalue weighted by molar-refractivity contribution is 0.0636. The standard InChI is InChI=1S/C18H21ClN2O3/c1-18(2,3)24-17(22)21-13-7-5-12(6-8-13)20-14-9-10-16(23-4)15(19)11-14/h5-11,20H,1-4H3,(H,21,22). The van der Waals surface area contributed by atoms with Gasteiger partial charge in [0, 0.05) is 17.1 Å². The third kappa shape index (κ3) is 5.35. The average Bonchev–Trinajstić information content (AvgIpc) is 2.47. The van der Waals surface area contributed by atoms with E-state index >= 15 is 0 Å². The third-order valence-corrected chi connectivity index (χ3v) is 3.27. The topological polar surface area (TPSA) is 59.6 Å². The highest BCUT2D eigenvalue weighted by molar-refractivity contribution is 6.32. The summed E-state index contributed by atoms with van der Waals surface area (Å²) in [6.45, 7) is 5.46. The SMILES string of the molecule is COc1ccc(Nc2ccc(NC(=O)OC(C)(C)C)cc2)cc1Cl. The van der Waals surface area contributed by atoms with Crippen LogP contribution in [0.15, 0.2) is 42.5 Å². The highest BCUT2D eigenvalue weighted by Crippen LogP contribution is 2.29. The van der Waals surface area contributed by atoms with Crippen molar-refractivity contribution in [3.05, 3.63) is 47.5 Å². The molecule has 0 saturated carbocycles. The van der Waals surface area contributed by atoms with Crippen molar-refractivity contribution in [1.29, 1.82) is 0 Å². The van der Waals surface area contributed by atoms with Gasteiger partial charge in [-0.1, -0.05) is 11.6 Å². The number of anilines is 3. The van der Waals surface area contributed by atoms with Gasteiger partial charge in [0.2, 0.25) is 0 Å². The summed E-state index contributed by atoms with van der Waals surface area (Å²) in [7, 11) is 1.57. The molecule has 0 aromatic heterocycles. The van der Waals surface area contributed by atoms with E-state index in [-0.39, 0.29) is 0 Å². The van der Waals surface area contributed by atoms with Crippen LogP contribution >= 0.6 is 11.6 Å². The Morgan fingerprint density at radius 1 is 1.00 bits per heavy atom. The summed E-state index contributed by atoms with van der Waals surface area (Å²) in [6.07, 6.45) is -0.481. The molecule has 0 aliphatic heterocycles. The quantitative estimate of drug-likeness (QED) is 0.772.